The topological polar surface area (TPSA) is 104 Å². The Hall–Kier alpha value is -4.76. The normalized spacial score (nSPS) is 26.8. The summed E-state index contributed by atoms with van der Waals surface area (Å²) in [5, 5.41) is 11.5. The van der Waals surface area contributed by atoms with E-state index in [4.69, 9.17) is 4.74 Å². The molecular formula is C37H31BrN2O6. The predicted molar refractivity (Wildman–Crippen MR) is 178 cm³/mol. The monoisotopic (exact) mass is 678 g/mol. The summed E-state index contributed by atoms with van der Waals surface area (Å²) in [7, 11) is 1.44. The van der Waals surface area contributed by atoms with E-state index in [0.717, 1.165) is 16.7 Å². The highest BCUT2D eigenvalue weighted by molar-refractivity contribution is 9.10. The lowest BCUT2D eigenvalue weighted by molar-refractivity contribution is -0.126. The molecule has 4 amide bonds. The number of fused-ring (bicyclic) bond motifs is 4. The molecule has 0 bridgehead atoms. The summed E-state index contributed by atoms with van der Waals surface area (Å²) in [6, 6.07) is 17.5. The molecule has 2 saturated heterocycles. The molecule has 6 atom stereocenters. The van der Waals surface area contributed by atoms with E-state index in [1.807, 2.05) is 6.08 Å². The minimum Gasteiger partial charge on any atom is -0.504 e. The van der Waals surface area contributed by atoms with Gasteiger partial charge in [0.25, 0.3) is 0 Å². The predicted octanol–water partition coefficient (Wildman–Crippen LogP) is 6.49. The van der Waals surface area contributed by atoms with Gasteiger partial charge in [-0.15, -0.1) is 0 Å². The van der Waals surface area contributed by atoms with E-state index in [0.29, 0.717) is 27.8 Å². The van der Waals surface area contributed by atoms with Gasteiger partial charge in [-0.05, 0) is 66.3 Å². The first-order valence-electron chi connectivity index (χ1n) is 15.2. The third kappa shape index (κ3) is 4.40. The molecular weight excluding hydrogens is 648 g/mol. The molecule has 9 heteroatoms. The smallest absolute Gasteiger partial charge is 0.238 e. The number of aromatic hydroxyl groups is 1. The molecule has 0 aromatic heterocycles. The quantitative estimate of drug-likeness (QED) is 0.236. The van der Waals surface area contributed by atoms with Crippen LogP contribution < -0.4 is 14.5 Å². The Morgan fingerprint density at radius 2 is 1.33 bits per heavy atom. The Morgan fingerprint density at radius 1 is 0.783 bits per heavy atom. The van der Waals surface area contributed by atoms with Gasteiger partial charge in [-0.25, -0.2) is 0 Å². The van der Waals surface area contributed by atoms with E-state index in [1.165, 1.54) is 16.9 Å². The first kappa shape index (κ1) is 29.9. The molecule has 1 saturated carbocycles. The van der Waals surface area contributed by atoms with E-state index in [9.17, 15) is 24.3 Å². The Morgan fingerprint density at radius 3 is 1.87 bits per heavy atom. The Balaban J connectivity index is 1.35. The van der Waals surface area contributed by atoms with Gasteiger partial charge in [-0.1, -0.05) is 77.2 Å². The molecule has 7 rings (SSSR count). The number of phenols is 1. The zero-order chi connectivity index (χ0) is 32.4. The number of carbonyl (C=O) groups excluding carboxylic acids is 4. The number of methoxy groups -OCH3 is 1. The summed E-state index contributed by atoms with van der Waals surface area (Å²) in [4.78, 5) is 59.1. The van der Waals surface area contributed by atoms with Gasteiger partial charge in [0.2, 0.25) is 23.6 Å². The summed E-state index contributed by atoms with van der Waals surface area (Å²) in [6.45, 7) is 7.56. The van der Waals surface area contributed by atoms with Crippen LogP contribution in [0.1, 0.15) is 35.4 Å². The van der Waals surface area contributed by atoms with Gasteiger partial charge in [-0.2, -0.15) is 0 Å². The molecule has 2 aliphatic heterocycles. The van der Waals surface area contributed by atoms with Crippen LogP contribution in [0.4, 0.5) is 11.4 Å². The average Bonchev–Trinajstić information content (AvgIpc) is 3.48. The minimum atomic E-state index is -0.828. The maximum absolute atomic E-state index is 14.3. The highest BCUT2D eigenvalue weighted by atomic mass is 79.9. The third-order valence-electron chi connectivity index (χ3n) is 10.0. The van der Waals surface area contributed by atoms with Crippen LogP contribution in [0.5, 0.6) is 11.5 Å². The lowest BCUT2D eigenvalue weighted by Crippen LogP contribution is -2.43. The summed E-state index contributed by atoms with van der Waals surface area (Å²) >= 11 is 3.52. The van der Waals surface area contributed by atoms with Crippen molar-refractivity contribution in [2.45, 2.75) is 18.8 Å². The second-order valence-corrected chi connectivity index (χ2v) is 13.1. The van der Waals surface area contributed by atoms with Gasteiger partial charge in [0.1, 0.15) is 0 Å². The van der Waals surface area contributed by atoms with Crippen LogP contribution in [-0.4, -0.2) is 35.8 Å². The zero-order valence-electron chi connectivity index (χ0n) is 25.1. The van der Waals surface area contributed by atoms with Crippen LogP contribution in [0.3, 0.4) is 0 Å². The van der Waals surface area contributed by atoms with Crippen molar-refractivity contribution in [1.82, 2.24) is 0 Å². The summed E-state index contributed by atoms with van der Waals surface area (Å²) in [5.74, 6) is -5.39. The van der Waals surface area contributed by atoms with Crippen LogP contribution in [0, 0.1) is 29.6 Å². The molecule has 3 fully saturated rings. The lowest BCUT2D eigenvalue weighted by atomic mass is 9.57. The van der Waals surface area contributed by atoms with Crippen molar-refractivity contribution in [3.8, 4) is 11.5 Å². The number of hydrogen-bond donors (Lipinski definition) is 1. The molecule has 2 heterocycles. The maximum atomic E-state index is 14.3. The fourth-order valence-corrected chi connectivity index (χ4v) is 8.41. The van der Waals surface area contributed by atoms with Crippen LogP contribution >= 0.6 is 15.9 Å². The van der Waals surface area contributed by atoms with Crippen LogP contribution in [-0.2, 0) is 19.2 Å². The number of anilines is 2. The van der Waals surface area contributed by atoms with Crippen molar-refractivity contribution in [3.63, 3.8) is 0 Å². The minimum absolute atomic E-state index is 0.134. The van der Waals surface area contributed by atoms with Crippen LogP contribution in [0.2, 0.25) is 0 Å². The number of carbonyl (C=O) groups is 4. The molecule has 1 N–H and O–H groups in total. The third-order valence-corrected chi connectivity index (χ3v) is 10.5. The number of allylic oxidation sites excluding steroid dienone is 2. The molecule has 4 aliphatic rings. The van der Waals surface area contributed by atoms with Gasteiger partial charge >= 0.3 is 0 Å². The second kappa shape index (κ2) is 11.2. The molecule has 3 aromatic carbocycles. The maximum Gasteiger partial charge on any atom is 0.238 e. The number of imide groups is 2. The SMILES string of the molecule is C=Cc1ccc(N2C(=O)[C@H]3[C@H](CC=C4[C@H]3C[C@H]3C(=O)N(c5ccc(C=C)cc5)C(=O)[C@H]3[C@H]4c3cc(Br)cc(OC)c3O)C2=O)cc1. The number of amides is 4. The standard InChI is InChI=1S/C37H31BrN2O6/c1-4-19-6-10-22(11-7-19)39-34(42)25-15-14-24-26(31(25)36(39)44)18-28-32(30(24)27-16-21(38)17-29(46-3)33(27)41)37(45)40(35(28)43)23-12-8-20(5-2)9-13-23/h4-14,16-17,25-26,28,30-32,41H,1-2,15,18H2,3H3/t25-,26+,28+,30+,31-,32+/m0/s1. The summed E-state index contributed by atoms with van der Waals surface area (Å²) in [6.07, 6.45) is 5.86. The average molecular weight is 680 g/mol. The zero-order valence-corrected chi connectivity index (χ0v) is 26.6. The summed E-state index contributed by atoms with van der Waals surface area (Å²) in [5.41, 5.74) is 3.85. The van der Waals surface area contributed by atoms with Crippen molar-refractivity contribution < 1.29 is 29.0 Å². The number of benzene rings is 3. The largest absolute Gasteiger partial charge is 0.504 e. The second-order valence-electron chi connectivity index (χ2n) is 12.2. The highest BCUT2D eigenvalue weighted by Crippen LogP contribution is 2.60. The van der Waals surface area contributed by atoms with Crippen LogP contribution in [0.25, 0.3) is 12.2 Å². The molecule has 8 nitrogen and oxygen atoms in total. The van der Waals surface area contributed by atoms with E-state index < -0.39 is 35.5 Å². The number of phenolic OH excluding ortho intramolecular Hbond substituents is 1. The molecule has 46 heavy (non-hydrogen) atoms. The van der Waals surface area contributed by atoms with Crippen LogP contribution in [0.15, 0.2) is 89.9 Å². The van der Waals surface area contributed by atoms with Gasteiger partial charge in [-0.3, -0.25) is 29.0 Å². The summed E-state index contributed by atoms with van der Waals surface area (Å²) < 4.78 is 6.09. The number of nitrogens with zero attached hydrogens (tertiary/aromatic N) is 2. The molecule has 3 aromatic rings. The van der Waals surface area contributed by atoms with Gasteiger partial charge in [0.05, 0.1) is 42.2 Å². The first-order valence-corrected chi connectivity index (χ1v) is 15.9. The number of halogens is 1. The van der Waals surface area contributed by atoms with Gasteiger partial charge in [0.15, 0.2) is 11.5 Å². The fourth-order valence-electron chi connectivity index (χ4n) is 7.95. The van der Waals surface area contributed by atoms with Gasteiger partial charge in [0, 0.05) is 16.0 Å². The Labute approximate surface area is 274 Å². The highest BCUT2D eigenvalue weighted by Gasteiger charge is 2.62. The lowest BCUT2D eigenvalue weighted by Gasteiger charge is -2.44. The van der Waals surface area contributed by atoms with Crippen molar-refractivity contribution in [1.29, 1.82) is 0 Å². The molecule has 0 unspecified atom stereocenters. The van der Waals surface area contributed by atoms with Crippen molar-refractivity contribution in [2.75, 3.05) is 16.9 Å². The molecule has 0 radical (unpaired) electrons. The molecule has 232 valence electrons. The van der Waals surface area contributed by atoms with Crippen molar-refractivity contribution in [3.05, 3.63) is 107 Å². The number of ether oxygens (including phenoxy) is 1. The van der Waals surface area contributed by atoms with E-state index in [-0.39, 0.29) is 41.5 Å². The first-order chi connectivity index (χ1) is 22.2. The van der Waals surface area contributed by atoms with E-state index in [1.54, 1.807) is 72.8 Å². The van der Waals surface area contributed by atoms with E-state index >= 15 is 0 Å². The van der Waals surface area contributed by atoms with Crippen molar-refractivity contribution >= 4 is 63.1 Å². The Kier molecular flexibility index (Phi) is 7.31. The number of hydrogen-bond acceptors (Lipinski definition) is 6. The van der Waals surface area contributed by atoms with Gasteiger partial charge < -0.3 is 9.84 Å². The van der Waals surface area contributed by atoms with Crippen molar-refractivity contribution in [2.24, 2.45) is 29.6 Å². The Bertz CT molecular complexity index is 1860. The number of rotatable bonds is 6. The fraction of sp³-hybridized carbons (Fsp3) is 0.243. The van der Waals surface area contributed by atoms with E-state index in [2.05, 4.69) is 29.1 Å². The molecule has 0 spiro atoms. The molecule has 2 aliphatic carbocycles.